The average molecular weight is 342 g/mol. The van der Waals surface area contributed by atoms with Crippen LogP contribution in [0.5, 0.6) is 0 Å². The van der Waals surface area contributed by atoms with Crippen molar-refractivity contribution in [3.8, 4) is 0 Å². The molecule has 22 heavy (non-hydrogen) atoms. The first-order chi connectivity index (χ1) is 10.4. The molecule has 2 aromatic rings. The summed E-state index contributed by atoms with van der Waals surface area (Å²) in [5, 5.41) is 24.1. The lowest BCUT2D eigenvalue weighted by Crippen LogP contribution is -2.53. The minimum absolute atomic E-state index is 0.193. The fraction of sp³-hybridized carbons (Fsp3) is 0.615. The predicted octanol–water partition coefficient (Wildman–Crippen LogP) is 0.190. The maximum Gasteiger partial charge on any atom is 0.275 e. The van der Waals surface area contributed by atoms with E-state index in [9.17, 15) is 15.0 Å². The second kappa shape index (κ2) is 5.89. The standard InChI is InChI=1S/C13H18N4O3S2/c1-13(20)3-4-16(7-9(13)18)6-8-5-10(19)17-11(14-8)22-12(15-17)21-2/h5,9,18,20H,3-4,6-7H2,1-2H3/t9-,13-/m0/s1. The summed E-state index contributed by atoms with van der Waals surface area (Å²) in [6.45, 7) is 3.15. The van der Waals surface area contributed by atoms with Gasteiger partial charge in [-0.1, -0.05) is 23.1 Å². The molecule has 0 radical (unpaired) electrons. The third-order valence-electron chi connectivity index (χ3n) is 3.92. The van der Waals surface area contributed by atoms with E-state index in [1.165, 1.54) is 33.7 Å². The van der Waals surface area contributed by atoms with Gasteiger partial charge in [-0.2, -0.15) is 4.52 Å². The van der Waals surface area contributed by atoms with Crippen LogP contribution in [0, 0.1) is 0 Å². The fourth-order valence-electron chi connectivity index (χ4n) is 2.46. The summed E-state index contributed by atoms with van der Waals surface area (Å²) in [6.07, 6.45) is 1.61. The van der Waals surface area contributed by atoms with E-state index in [1.54, 1.807) is 6.92 Å². The number of piperidine rings is 1. The van der Waals surface area contributed by atoms with Crippen LogP contribution in [0.2, 0.25) is 0 Å². The van der Waals surface area contributed by atoms with Gasteiger partial charge in [-0.05, 0) is 19.6 Å². The number of nitrogens with zero attached hydrogens (tertiary/aromatic N) is 4. The number of rotatable bonds is 3. The Morgan fingerprint density at radius 2 is 2.36 bits per heavy atom. The summed E-state index contributed by atoms with van der Waals surface area (Å²) in [7, 11) is 0. The molecule has 120 valence electrons. The largest absolute Gasteiger partial charge is 0.389 e. The number of thioether (sulfide) groups is 1. The Balaban J connectivity index is 1.81. The van der Waals surface area contributed by atoms with Gasteiger partial charge in [0.15, 0.2) is 4.34 Å². The minimum Gasteiger partial charge on any atom is -0.389 e. The van der Waals surface area contributed by atoms with Gasteiger partial charge < -0.3 is 10.2 Å². The molecular weight excluding hydrogens is 324 g/mol. The number of hydrogen-bond acceptors (Lipinski definition) is 8. The van der Waals surface area contributed by atoms with E-state index in [1.807, 2.05) is 11.2 Å². The van der Waals surface area contributed by atoms with Crippen molar-refractivity contribution in [2.45, 2.75) is 35.9 Å². The lowest BCUT2D eigenvalue weighted by atomic mass is 9.91. The first-order valence-electron chi connectivity index (χ1n) is 6.95. The number of aliphatic hydroxyl groups is 2. The number of β-amino-alcohol motifs (C(OH)–C–C–N with tert-alkyl or cyclic N) is 1. The van der Waals surface area contributed by atoms with Crippen LogP contribution in [0.25, 0.3) is 4.96 Å². The third kappa shape index (κ3) is 3.04. The third-order valence-corrected chi connectivity index (χ3v) is 5.81. The van der Waals surface area contributed by atoms with Gasteiger partial charge in [0, 0.05) is 25.7 Å². The summed E-state index contributed by atoms with van der Waals surface area (Å²) in [5.41, 5.74) is -0.575. The normalized spacial score (nSPS) is 26.6. The van der Waals surface area contributed by atoms with E-state index >= 15 is 0 Å². The van der Waals surface area contributed by atoms with Crippen LogP contribution in [0.1, 0.15) is 19.0 Å². The van der Waals surface area contributed by atoms with Crippen molar-refractivity contribution in [3.63, 3.8) is 0 Å². The SMILES string of the molecule is CSc1nn2c(=O)cc(CN3CC[C@](C)(O)[C@@H](O)C3)nc2s1. The van der Waals surface area contributed by atoms with E-state index in [4.69, 9.17) is 0 Å². The maximum atomic E-state index is 12.1. The van der Waals surface area contributed by atoms with Gasteiger partial charge in [0.1, 0.15) is 0 Å². The molecule has 0 aliphatic carbocycles. The Kier molecular flexibility index (Phi) is 4.25. The molecule has 1 aliphatic rings. The molecule has 0 unspecified atom stereocenters. The van der Waals surface area contributed by atoms with E-state index in [0.717, 1.165) is 4.34 Å². The van der Waals surface area contributed by atoms with Crippen molar-refractivity contribution >= 4 is 28.1 Å². The second-order valence-corrected chi connectivity index (χ2v) is 7.72. The minimum atomic E-state index is -1.04. The van der Waals surface area contributed by atoms with Crippen molar-refractivity contribution in [2.75, 3.05) is 19.3 Å². The summed E-state index contributed by atoms with van der Waals surface area (Å²) >= 11 is 2.86. The molecule has 3 rings (SSSR count). The first kappa shape index (κ1) is 15.9. The molecule has 0 bridgehead atoms. The monoisotopic (exact) mass is 342 g/mol. The zero-order chi connectivity index (χ0) is 15.9. The second-order valence-electron chi connectivity index (χ2n) is 5.71. The van der Waals surface area contributed by atoms with Crippen molar-refractivity contribution < 1.29 is 10.2 Å². The topological polar surface area (TPSA) is 91.0 Å². The zero-order valence-electron chi connectivity index (χ0n) is 12.4. The van der Waals surface area contributed by atoms with E-state index < -0.39 is 11.7 Å². The Morgan fingerprint density at radius 1 is 1.59 bits per heavy atom. The molecule has 2 N–H and O–H groups in total. The lowest BCUT2D eigenvalue weighted by Gasteiger charge is -2.39. The predicted molar refractivity (Wildman–Crippen MR) is 85.4 cm³/mol. The highest BCUT2D eigenvalue weighted by atomic mass is 32.2. The van der Waals surface area contributed by atoms with Gasteiger partial charge in [0.05, 0.1) is 17.4 Å². The Bertz CT molecular complexity index is 742. The first-order valence-corrected chi connectivity index (χ1v) is 9.00. The quantitative estimate of drug-likeness (QED) is 0.770. The highest BCUT2D eigenvalue weighted by Gasteiger charge is 2.36. The highest BCUT2D eigenvalue weighted by Crippen LogP contribution is 2.23. The molecule has 0 saturated carbocycles. The fourth-order valence-corrected chi connectivity index (χ4v) is 3.84. The van der Waals surface area contributed by atoms with Crippen LogP contribution in [0.15, 0.2) is 15.2 Å². The van der Waals surface area contributed by atoms with Gasteiger partial charge in [-0.25, -0.2) is 4.98 Å². The molecule has 1 aliphatic heterocycles. The van der Waals surface area contributed by atoms with Gasteiger partial charge in [-0.15, -0.1) is 5.10 Å². The molecule has 2 atom stereocenters. The molecule has 9 heteroatoms. The van der Waals surface area contributed by atoms with Crippen LogP contribution >= 0.6 is 23.1 Å². The van der Waals surface area contributed by atoms with Gasteiger partial charge >= 0.3 is 0 Å². The van der Waals surface area contributed by atoms with Gasteiger partial charge in [0.2, 0.25) is 4.96 Å². The van der Waals surface area contributed by atoms with Crippen molar-refractivity contribution in [1.82, 2.24) is 19.5 Å². The smallest absolute Gasteiger partial charge is 0.275 e. The van der Waals surface area contributed by atoms with Crippen molar-refractivity contribution in [1.29, 1.82) is 0 Å². The molecule has 7 nitrogen and oxygen atoms in total. The molecule has 0 aromatic carbocycles. The van der Waals surface area contributed by atoms with E-state index in [2.05, 4.69) is 10.1 Å². The Morgan fingerprint density at radius 3 is 3.05 bits per heavy atom. The number of likely N-dealkylation sites (tertiary alicyclic amines) is 1. The molecule has 3 heterocycles. The van der Waals surface area contributed by atoms with Crippen LogP contribution in [-0.2, 0) is 6.54 Å². The average Bonchev–Trinajstić information content (AvgIpc) is 2.87. The number of hydrogen-bond donors (Lipinski definition) is 2. The lowest BCUT2D eigenvalue weighted by molar-refractivity contribution is -0.108. The van der Waals surface area contributed by atoms with Crippen LogP contribution < -0.4 is 5.56 Å². The summed E-state index contributed by atoms with van der Waals surface area (Å²) < 4.78 is 2.11. The highest BCUT2D eigenvalue weighted by molar-refractivity contribution is 8.00. The molecule has 2 aromatic heterocycles. The molecule has 0 spiro atoms. The van der Waals surface area contributed by atoms with Crippen molar-refractivity contribution in [2.24, 2.45) is 0 Å². The van der Waals surface area contributed by atoms with Crippen LogP contribution in [-0.4, -0.2) is 60.8 Å². The zero-order valence-corrected chi connectivity index (χ0v) is 14.0. The van der Waals surface area contributed by atoms with Gasteiger partial charge in [-0.3, -0.25) is 9.69 Å². The molecule has 0 amide bonds. The van der Waals surface area contributed by atoms with Gasteiger partial charge in [0.25, 0.3) is 5.56 Å². The number of fused-ring (bicyclic) bond motifs is 1. The molecule has 1 fully saturated rings. The number of aliphatic hydroxyl groups excluding tert-OH is 1. The van der Waals surface area contributed by atoms with Crippen molar-refractivity contribution in [3.05, 3.63) is 22.1 Å². The summed E-state index contributed by atoms with van der Waals surface area (Å²) in [5.74, 6) is 0. The van der Waals surface area contributed by atoms with E-state index in [-0.39, 0.29) is 5.56 Å². The maximum absolute atomic E-state index is 12.1. The Hall–Kier alpha value is -1.00. The molecule has 1 saturated heterocycles. The summed E-state index contributed by atoms with van der Waals surface area (Å²) in [4.78, 5) is 19.1. The van der Waals surface area contributed by atoms with Crippen LogP contribution in [0.3, 0.4) is 0 Å². The summed E-state index contributed by atoms with van der Waals surface area (Å²) in [6, 6.07) is 1.48. The van der Waals surface area contributed by atoms with Crippen LogP contribution in [0.4, 0.5) is 0 Å². The number of aromatic nitrogens is 3. The Labute approximate surface area is 135 Å². The van der Waals surface area contributed by atoms with E-state index in [0.29, 0.717) is 36.7 Å². The molecular formula is C13H18N4O3S2.